The lowest BCUT2D eigenvalue weighted by Gasteiger charge is -2.30. The average Bonchev–Trinajstić information content (AvgIpc) is 2.98. The molecule has 1 aromatic carbocycles. The number of amides is 2. The van der Waals surface area contributed by atoms with Gasteiger partial charge in [0, 0.05) is 35.9 Å². The van der Waals surface area contributed by atoms with Gasteiger partial charge in [-0.15, -0.1) is 0 Å². The van der Waals surface area contributed by atoms with Gasteiger partial charge < -0.3 is 10.2 Å². The number of aryl methyl sites for hydroxylation is 1. The summed E-state index contributed by atoms with van der Waals surface area (Å²) in [5, 5.41) is 2.49. The van der Waals surface area contributed by atoms with Crippen LogP contribution in [0.25, 0.3) is 0 Å². The molecule has 6 nitrogen and oxygen atoms in total. The Labute approximate surface area is 168 Å². The number of rotatable bonds is 3. The molecule has 0 bridgehead atoms. The maximum atomic E-state index is 14.8. The van der Waals surface area contributed by atoms with Gasteiger partial charge in [-0.1, -0.05) is 0 Å². The van der Waals surface area contributed by atoms with E-state index in [1.165, 1.54) is 12.3 Å². The fourth-order valence-electron chi connectivity index (χ4n) is 3.76. The normalized spacial score (nSPS) is 20.4. The van der Waals surface area contributed by atoms with Crippen LogP contribution < -0.4 is 10.2 Å². The Bertz CT molecular complexity index is 1070. The van der Waals surface area contributed by atoms with Crippen molar-refractivity contribution in [2.24, 2.45) is 0 Å². The van der Waals surface area contributed by atoms with Crippen molar-refractivity contribution in [2.75, 3.05) is 11.4 Å². The summed E-state index contributed by atoms with van der Waals surface area (Å²) >= 11 is 0. The minimum atomic E-state index is -3.36. The summed E-state index contributed by atoms with van der Waals surface area (Å²) in [7, 11) is 0. The van der Waals surface area contributed by atoms with Gasteiger partial charge in [0.1, 0.15) is 23.2 Å². The second-order valence-corrected chi connectivity index (χ2v) is 7.25. The van der Waals surface area contributed by atoms with Crippen molar-refractivity contribution in [1.82, 2.24) is 15.3 Å². The minimum Gasteiger partial charge on any atom is -0.347 e. The zero-order valence-corrected chi connectivity index (χ0v) is 15.8. The molecule has 2 aliphatic rings. The predicted molar refractivity (Wildman–Crippen MR) is 97.9 cm³/mol. The highest BCUT2D eigenvalue weighted by molar-refractivity contribution is 6.10. The first-order valence-corrected chi connectivity index (χ1v) is 9.13. The maximum absolute atomic E-state index is 14.8. The quantitative estimate of drug-likeness (QED) is 0.775. The standard InChI is InChI=1S/C20H16F4N4O2/c1-10-25-3-2-17(26-10)18(29)27-13-7-15-16(20(23,24)8-13)9-28(19(15)30)14-5-11(21)4-12(22)6-14/h2-6,13H,7-9H2,1H3,(H,27,29). The van der Waals surface area contributed by atoms with E-state index >= 15 is 0 Å². The van der Waals surface area contributed by atoms with E-state index in [0.717, 1.165) is 17.0 Å². The molecule has 0 fully saturated rings. The third-order valence-corrected chi connectivity index (χ3v) is 5.08. The van der Waals surface area contributed by atoms with Crippen LogP contribution in [0.1, 0.15) is 29.2 Å². The predicted octanol–water partition coefficient (Wildman–Crippen LogP) is 2.93. The Morgan fingerprint density at radius 2 is 1.93 bits per heavy atom. The van der Waals surface area contributed by atoms with Crippen molar-refractivity contribution >= 4 is 17.5 Å². The second kappa shape index (κ2) is 7.19. The molecule has 2 aromatic rings. The molecule has 2 heterocycles. The number of hydrogen-bond donors (Lipinski definition) is 1. The number of hydrogen-bond acceptors (Lipinski definition) is 4. The third kappa shape index (κ3) is 3.64. The van der Waals surface area contributed by atoms with Gasteiger partial charge in [0.05, 0.1) is 12.2 Å². The van der Waals surface area contributed by atoms with Crippen molar-refractivity contribution in [3.05, 3.63) is 64.8 Å². The molecule has 156 valence electrons. The monoisotopic (exact) mass is 420 g/mol. The summed E-state index contributed by atoms with van der Waals surface area (Å²) < 4.78 is 56.6. The summed E-state index contributed by atoms with van der Waals surface area (Å²) in [5.41, 5.74) is -0.652. The van der Waals surface area contributed by atoms with E-state index in [1.807, 2.05) is 0 Å². The Morgan fingerprint density at radius 1 is 1.23 bits per heavy atom. The van der Waals surface area contributed by atoms with E-state index in [9.17, 15) is 27.2 Å². The molecule has 4 rings (SSSR count). The molecule has 0 saturated heterocycles. The number of nitrogens with one attached hydrogen (secondary N) is 1. The summed E-state index contributed by atoms with van der Waals surface area (Å²) in [6, 6.07) is 2.80. The molecule has 0 radical (unpaired) electrons. The van der Waals surface area contributed by atoms with E-state index in [2.05, 4.69) is 15.3 Å². The highest BCUT2D eigenvalue weighted by atomic mass is 19.3. The topological polar surface area (TPSA) is 75.2 Å². The molecule has 10 heteroatoms. The van der Waals surface area contributed by atoms with Crippen LogP contribution in [0.5, 0.6) is 0 Å². The van der Waals surface area contributed by atoms with Gasteiger partial charge in [0.2, 0.25) is 0 Å². The molecule has 1 aliphatic carbocycles. The number of halogens is 4. The number of nitrogens with zero attached hydrogens (tertiary/aromatic N) is 3. The Balaban J connectivity index is 1.56. The highest BCUT2D eigenvalue weighted by Crippen LogP contribution is 2.43. The van der Waals surface area contributed by atoms with Gasteiger partial charge in [-0.05, 0) is 31.5 Å². The summed E-state index contributed by atoms with van der Waals surface area (Å²) in [6.45, 7) is 1.12. The zero-order valence-electron chi connectivity index (χ0n) is 15.8. The van der Waals surface area contributed by atoms with Crippen molar-refractivity contribution < 1.29 is 27.2 Å². The molecule has 1 unspecified atom stereocenters. The van der Waals surface area contributed by atoms with Crippen molar-refractivity contribution in [2.45, 2.75) is 31.7 Å². The summed E-state index contributed by atoms with van der Waals surface area (Å²) in [4.78, 5) is 33.9. The summed E-state index contributed by atoms with van der Waals surface area (Å²) in [6.07, 6.45) is 0.567. The highest BCUT2D eigenvalue weighted by Gasteiger charge is 2.50. The second-order valence-electron chi connectivity index (χ2n) is 7.25. The van der Waals surface area contributed by atoms with E-state index in [4.69, 9.17) is 0 Å². The first-order valence-electron chi connectivity index (χ1n) is 9.13. The number of benzene rings is 1. The van der Waals surface area contributed by atoms with E-state index < -0.39 is 48.4 Å². The average molecular weight is 420 g/mol. The lowest BCUT2D eigenvalue weighted by Crippen LogP contribution is -2.43. The van der Waals surface area contributed by atoms with Crippen molar-refractivity contribution in [1.29, 1.82) is 0 Å². The molecule has 1 N–H and O–H groups in total. The smallest absolute Gasteiger partial charge is 0.273 e. The van der Waals surface area contributed by atoms with E-state index in [1.54, 1.807) is 6.92 Å². The lowest BCUT2D eigenvalue weighted by atomic mass is 9.86. The lowest BCUT2D eigenvalue weighted by molar-refractivity contribution is -0.114. The molecular formula is C20H16F4N4O2. The largest absolute Gasteiger partial charge is 0.347 e. The molecular weight excluding hydrogens is 404 g/mol. The Hall–Kier alpha value is -3.30. The van der Waals surface area contributed by atoms with Gasteiger partial charge in [-0.3, -0.25) is 9.59 Å². The van der Waals surface area contributed by atoms with Crippen molar-refractivity contribution in [3.63, 3.8) is 0 Å². The molecule has 1 aliphatic heterocycles. The molecule has 1 aromatic heterocycles. The van der Waals surface area contributed by atoms with Crippen LogP contribution in [0.15, 0.2) is 41.6 Å². The van der Waals surface area contributed by atoms with Crippen LogP contribution in [-0.2, 0) is 4.79 Å². The Kier molecular flexibility index (Phi) is 4.79. The maximum Gasteiger partial charge on any atom is 0.273 e. The first kappa shape index (κ1) is 20.0. The fourth-order valence-corrected chi connectivity index (χ4v) is 3.76. The third-order valence-electron chi connectivity index (χ3n) is 5.08. The number of anilines is 1. The number of carbonyl (C=O) groups is 2. The SMILES string of the molecule is Cc1nccc(C(=O)NC2CC3=C(CN(c4cc(F)cc(F)c4)C3=O)C(F)(F)C2)n1. The van der Waals surface area contributed by atoms with Gasteiger partial charge in [0.25, 0.3) is 17.7 Å². The molecule has 30 heavy (non-hydrogen) atoms. The van der Waals surface area contributed by atoms with Crippen LogP contribution in [-0.4, -0.2) is 40.3 Å². The zero-order chi connectivity index (χ0) is 21.6. The van der Waals surface area contributed by atoms with Gasteiger partial charge in [-0.25, -0.2) is 27.5 Å². The Morgan fingerprint density at radius 3 is 2.60 bits per heavy atom. The first-order chi connectivity index (χ1) is 14.1. The number of aromatic nitrogens is 2. The molecule has 0 spiro atoms. The van der Waals surface area contributed by atoms with E-state index in [-0.39, 0.29) is 28.9 Å². The molecule has 0 saturated carbocycles. The van der Waals surface area contributed by atoms with Gasteiger partial charge in [-0.2, -0.15) is 0 Å². The van der Waals surface area contributed by atoms with Crippen LogP contribution in [0, 0.1) is 18.6 Å². The molecule has 1 atom stereocenters. The number of alkyl halides is 2. The van der Waals surface area contributed by atoms with Crippen LogP contribution >= 0.6 is 0 Å². The van der Waals surface area contributed by atoms with Gasteiger partial charge in [0.15, 0.2) is 0 Å². The number of carbonyl (C=O) groups excluding carboxylic acids is 2. The van der Waals surface area contributed by atoms with Crippen LogP contribution in [0.3, 0.4) is 0 Å². The van der Waals surface area contributed by atoms with Gasteiger partial charge >= 0.3 is 0 Å². The minimum absolute atomic E-state index is 0.0280. The van der Waals surface area contributed by atoms with Crippen LogP contribution in [0.4, 0.5) is 23.2 Å². The van der Waals surface area contributed by atoms with Crippen molar-refractivity contribution in [3.8, 4) is 0 Å². The van der Waals surface area contributed by atoms with E-state index in [0.29, 0.717) is 11.9 Å². The molecule has 2 amide bonds. The van der Waals surface area contributed by atoms with Crippen LogP contribution in [0.2, 0.25) is 0 Å². The summed E-state index contributed by atoms with van der Waals surface area (Å²) in [5.74, 6) is -6.25. The fraction of sp³-hybridized carbons (Fsp3) is 0.300.